The number of amides is 1. The maximum Gasteiger partial charge on any atom is 0.416 e. The molecule has 0 aliphatic carbocycles. The highest BCUT2D eigenvalue weighted by Gasteiger charge is 2.30. The number of carbonyl (C=O) groups is 1. The highest BCUT2D eigenvalue weighted by molar-refractivity contribution is 5.75. The molecule has 2 N–H and O–H groups in total. The van der Waals surface area contributed by atoms with Crippen LogP contribution in [-0.4, -0.2) is 17.6 Å². The number of aliphatic hydroxyl groups excluding tert-OH is 1. The van der Waals surface area contributed by atoms with Crippen LogP contribution in [0.4, 0.5) is 13.2 Å². The molecule has 0 aromatic heterocycles. The van der Waals surface area contributed by atoms with Crippen LogP contribution in [0.3, 0.4) is 0 Å². The van der Waals surface area contributed by atoms with Gasteiger partial charge in [0.25, 0.3) is 0 Å². The zero-order valence-electron chi connectivity index (χ0n) is 11.2. The first kappa shape index (κ1) is 16.5. The van der Waals surface area contributed by atoms with E-state index in [0.717, 1.165) is 25.0 Å². The van der Waals surface area contributed by atoms with Gasteiger partial charge in [0.2, 0.25) is 5.91 Å². The third-order valence-corrected chi connectivity index (χ3v) is 2.85. The monoisotopic (exact) mass is 289 g/mol. The first-order valence-corrected chi connectivity index (χ1v) is 6.46. The minimum Gasteiger partial charge on any atom is -0.387 e. The molecule has 0 radical (unpaired) electrons. The number of nitrogens with one attached hydrogen (secondary N) is 1. The van der Waals surface area contributed by atoms with E-state index in [4.69, 9.17) is 0 Å². The number of hydrogen-bond donors (Lipinski definition) is 2. The lowest BCUT2D eigenvalue weighted by molar-refractivity contribution is -0.137. The second-order valence-corrected chi connectivity index (χ2v) is 4.55. The molecule has 1 aromatic carbocycles. The SMILES string of the molecule is CCCCC(=O)NCC(O)c1cccc(C(F)(F)F)c1. The van der Waals surface area contributed by atoms with Crippen molar-refractivity contribution < 1.29 is 23.1 Å². The van der Waals surface area contributed by atoms with Crippen molar-refractivity contribution in [1.29, 1.82) is 0 Å². The van der Waals surface area contributed by atoms with E-state index in [9.17, 15) is 23.1 Å². The lowest BCUT2D eigenvalue weighted by Gasteiger charge is -2.14. The third-order valence-electron chi connectivity index (χ3n) is 2.85. The molecule has 112 valence electrons. The Morgan fingerprint density at radius 1 is 1.40 bits per heavy atom. The Balaban J connectivity index is 2.59. The van der Waals surface area contributed by atoms with Gasteiger partial charge in [-0.15, -0.1) is 0 Å². The van der Waals surface area contributed by atoms with Gasteiger partial charge in [-0.3, -0.25) is 4.79 Å². The molecule has 0 aliphatic rings. The molecule has 0 saturated heterocycles. The van der Waals surface area contributed by atoms with Gasteiger partial charge in [-0.05, 0) is 24.1 Å². The van der Waals surface area contributed by atoms with E-state index in [-0.39, 0.29) is 18.0 Å². The molecule has 0 heterocycles. The average Bonchev–Trinajstić information content (AvgIpc) is 2.41. The Hall–Kier alpha value is -1.56. The highest BCUT2D eigenvalue weighted by Crippen LogP contribution is 2.30. The van der Waals surface area contributed by atoms with E-state index < -0.39 is 17.8 Å². The van der Waals surface area contributed by atoms with Gasteiger partial charge < -0.3 is 10.4 Å². The fourth-order valence-corrected chi connectivity index (χ4v) is 1.68. The van der Waals surface area contributed by atoms with Crippen molar-refractivity contribution >= 4 is 5.91 Å². The number of hydrogen-bond acceptors (Lipinski definition) is 2. The fraction of sp³-hybridized carbons (Fsp3) is 0.500. The summed E-state index contributed by atoms with van der Waals surface area (Å²) in [6.07, 6.45) is -3.62. The van der Waals surface area contributed by atoms with E-state index in [0.29, 0.717) is 6.42 Å². The molecule has 0 aliphatic heterocycles. The van der Waals surface area contributed by atoms with Gasteiger partial charge in [0, 0.05) is 13.0 Å². The summed E-state index contributed by atoms with van der Waals surface area (Å²) >= 11 is 0. The molecular formula is C14H18F3NO2. The van der Waals surface area contributed by atoms with Crippen LogP contribution in [-0.2, 0) is 11.0 Å². The molecule has 1 atom stereocenters. The predicted molar refractivity (Wildman–Crippen MR) is 68.9 cm³/mol. The zero-order valence-corrected chi connectivity index (χ0v) is 11.2. The molecular weight excluding hydrogens is 271 g/mol. The molecule has 6 heteroatoms. The van der Waals surface area contributed by atoms with Crippen molar-refractivity contribution in [2.75, 3.05) is 6.54 Å². The van der Waals surface area contributed by atoms with Crippen molar-refractivity contribution in [2.24, 2.45) is 0 Å². The van der Waals surface area contributed by atoms with E-state index in [2.05, 4.69) is 5.32 Å². The lowest BCUT2D eigenvalue weighted by atomic mass is 10.1. The molecule has 1 amide bonds. The van der Waals surface area contributed by atoms with Gasteiger partial charge in [0.05, 0.1) is 11.7 Å². The Kier molecular flexibility index (Phi) is 6.01. The normalized spacial score (nSPS) is 13.1. The maximum absolute atomic E-state index is 12.5. The lowest BCUT2D eigenvalue weighted by Crippen LogP contribution is -2.28. The number of aliphatic hydroxyl groups is 1. The molecule has 0 fully saturated rings. The van der Waals surface area contributed by atoms with Crippen LogP contribution in [0.15, 0.2) is 24.3 Å². The topological polar surface area (TPSA) is 49.3 Å². The maximum atomic E-state index is 12.5. The van der Waals surface area contributed by atoms with E-state index in [1.54, 1.807) is 0 Å². The highest BCUT2D eigenvalue weighted by atomic mass is 19.4. The van der Waals surface area contributed by atoms with Gasteiger partial charge in [-0.1, -0.05) is 25.5 Å². The number of unbranched alkanes of at least 4 members (excludes halogenated alkanes) is 1. The Morgan fingerprint density at radius 2 is 2.10 bits per heavy atom. The second kappa shape index (κ2) is 7.28. The minimum atomic E-state index is -4.44. The minimum absolute atomic E-state index is 0.0934. The summed E-state index contributed by atoms with van der Waals surface area (Å²) in [5.74, 6) is -0.210. The number of rotatable bonds is 6. The van der Waals surface area contributed by atoms with Crippen LogP contribution >= 0.6 is 0 Å². The van der Waals surface area contributed by atoms with Crippen molar-refractivity contribution in [2.45, 2.75) is 38.5 Å². The molecule has 1 aromatic rings. The number of alkyl halides is 3. The van der Waals surface area contributed by atoms with Crippen LogP contribution in [0.5, 0.6) is 0 Å². The van der Waals surface area contributed by atoms with Crippen LogP contribution in [0.1, 0.15) is 43.4 Å². The predicted octanol–water partition coefficient (Wildman–Crippen LogP) is 3.05. The molecule has 0 bridgehead atoms. The first-order chi connectivity index (χ1) is 9.34. The smallest absolute Gasteiger partial charge is 0.387 e. The van der Waals surface area contributed by atoms with Crippen LogP contribution in [0.2, 0.25) is 0 Å². The summed E-state index contributed by atoms with van der Waals surface area (Å²) in [6, 6.07) is 4.47. The number of halogens is 3. The number of benzene rings is 1. The fourth-order valence-electron chi connectivity index (χ4n) is 1.68. The average molecular weight is 289 g/mol. The summed E-state index contributed by atoms with van der Waals surface area (Å²) in [5.41, 5.74) is -0.679. The van der Waals surface area contributed by atoms with E-state index in [1.807, 2.05) is 6.92 Å². The molecule has 1 unspecified atom stereocenters. The summed E-state index contributed by atoms with van der Waals surface area (Å²) in [6.45, 7) is 1.86. The van der Waals surface area contributed by atoms with Gasteiger partial charge >= 0.3 is 6.18 Å². The van der Waals surface area contributed by atoms with Crippen LogP contribution in [0.25, 0.3) is 0 Å². The standard InChI is InChI=1S/C14H18F3NO2/c1-2-3-7-13(20)18-9-12(19)10-5-4-6-11(8-10)14(15,16)17/h4-6,8,12,19H,2-3,7,9H2,1H3,(H,18,20). The molecule has 20 heavy (non-hydrogen) atoms. The van der Waals surface area contributed by atoms with E-state index in [1.165, 1.54) is 12.1 Å². The first-order valence-electron chi connectivity index (χ1n) is 6.46. The van der Waals surface area contributed by atoms with Crippen molar-refractivity contribution in [3.05, 3.63) is 35.4 Å². The van der Waals surface area contributed by atoms with Crippen molar-refractivity contribution in [3.63, 3.8) is 0 Å². The Morgan fingerprint density at radius 3 is 2.70 bits per heavy atom. The quantitative estimate of drug-likeness (QED) is 0.845. The van der Waals surface area contributed by atoms with Gasteiger partial charge in [0.15, 0.2) is 0 Å². The van der Waals surface area contributed by atoms with Crippen molar-refractivity contribution in [1.82, 2.24) is 5.32 Å². The summed E-state index contributed by atoms with van der Waals surface area (Å²) in [7, 11) is 0. The Labute approximate surface area is 115 Å². The molecule has 0 saturated carbocycles. The third kappa shape index (κ3) is 5.21. The van der Waals surface area contributed by atoms with Gasteiger partial charge in [0.1, 0.15) is 0 Å². The second-order valence-electron chi connectivity index (χ2n) is 4.55. The van der Waals surface area contributed by atoms with E-state index >= 15 is 0 Å². The largest absolute Gasteiger partial charge is 0.416 e. The number of carbonyl (C=O) groups excluding carboxylic acids is 1. The molecule has 1 rings (SSSR count). The van der Waals surface area contributed by atoms with Crippen LogP contribution < -0.4 is 5.32 Å². The summed E-state index contributed by atoms with van der Waals surface area (Å²) in [4.78, 5) is 11.4. The molecule has 0 spiro atoms. The zero-order chi connectivity index (χ0) is 15.2. The van der Waals surface area contributed by atoms with Crippen LogP contribution in [0, 0.1) is 0 Å². The van der Waals surface area contributed by atoms with Gasteiger partial charge in [-0.2, -0.15) is 13.2 Å². The van der Waals surface area contributed by atoms with Gasteiger partial charge in [-0.25, -0.2) is 0 Å². The summed E-state index contributed by atoms with van der Waals surface area (Å²) < 4.78 is 37.6. The summed E-state index contributed by atoms with van der Waals surface area (Å²) in [5, 5.41) is 12.3. The Bertz CT molecular complexity index is 446. The van der Waals surface area contributed by atoms with Crippen molar-refractivity contribution in [3.8, 4) is 0 Å². The molecule has 3 nitrogen and oxygen atoms in total.